The van der Waals surface area contributed by atoms with Gasteiger partial charge in [-0.2, -0.15) is 0 Å². The van der Waals surface area contributed by atoms with Crippen molar-refractivity contribution in [3.8, 4) is 46.8 Å². The number of ether oxygens (including phenoxy) is 7. The maximum Gasteiger partial charge on any atom is 0.342 e. The molecule has 0 radical (unpaired) electrons. The van der Waals surface area contributed by atoms with Gasteiger partial charge in [-0.15, -0.1) is 6.42 Å². The van der Waals surface area contributed by atoms with Crippen molar-refractivity contribution in [1.29, 1.82) is 0 Å². The Balaban J connectivity index is 1.67. The molecule has 5 rings (SSSR count). The van der Waals surface area contributed by atoms with Crippen molar-refractivity contribution in [3.63, 3.8) is 0 Å². The van der Waals surface area contributed by atoms with Crippen LogP contribution >= 0.6 is 0 Å². The Kier molecular flexibility index (Phi) is 6.96. The average Bonchev–Trinajstić information content (AvgIpc) is 3.52. The number of methoxy groups -OCH3 is 3. The fourth-order valence-electron chi connectivity index (χ4n) is 4.66. The fourth-order valence-corrected chi connectivity index (χ4v) is 4.66. The van der Waals surface area contributed by atoms with E-state index in [0.29, 0.717) is 56.8 Å². The number of carbonyl (C=O) groups excluding carboxylic acids is 1. The highest BCUT2D eigenvalue weighted by molar-refractivity contribution is 6.20. The van der Waals surface area contributed by atoms with Crippen LogP contribution in [0.4, 0.5) is 0 Å². The van der Waals surface area contributed by atoms with Crippen molar-refractivity contribution in [1.82, 2.24) is 0 Å². The first-order valence-electron chi connectivity index (χ1n) is 12.0. The van der Waals surface area contributed by atoms with Crippen molar-refractivity contribution in [3.05, 3.63) is 76.9 Å². The molecule has 2 heterocycles. The molecule has 0 amide bonds. The molecule has 0 aromatic heterocycles. The number of aliphatic hydroxyl groups is 1. The highest BCUT2D eigenvalue weighted by atomic mass is 16.7. The number of fused-ring (bicyclic) bond motifs is 1. The van der Waals surface area contributed by atoms with E-state index >= 15 is 0 Å². The minimum atomic E-state index is -2.07. The molecule has 1 unspecified atom stereocenters. The summed E-state index contributed by atoms with van der Waals surface area (Å²) in [4.78, 5) is 13.4. The predicted molar refractivity (Wildman–Crippen MR) is 140 cm³/mol. The third-order valence-corrected chi connectivity index (χ3v) is 6.49. The topological polar surface area (TPSA) is 102 Å². The third-order valence-electron chi connectivity index (χ3n) is 6.49. The molecule has 39 heavy (non-hydrogen) atoms. The average molecular weight is 531 g/mol. The van der Waals surface area contributed by atoms with E-state index in [1.807, 2.05) is 0 Å². The summed E-state index contributed by atoms with van der Waals surface area (Å²) in [7, 11) is 4.53. The molecule has 2 aliphatic heterocycles. The number of hydrogen-bond acceptors (Lipinski definition) is 9. The van der Waals surface area contributed by atoms with Crippen molar-refractivity contribution < 1.29 is 43.1 Å². The molecule has 2 aliphatic rings. The molecule has 9 nitrogen and oxygen atoms in total. The van der Waals surface area contributed by atoms with Gasteiger partial charge >= 0.3 is 5.97 Å². The molecule has 9 heteroatoms. The molecular formula is C30H26O9. The first-order chi connectivity index (χ1) is 18.9. The predicted octanol–water partition coefficient (Wildman–Crippen LogP) is 3.85. The van der Waals surface area contributed by atoms with E-state index in [4.69, 9.17) is 39.6 Å². The van der Waals surface area contributed by atoms with Crippen LogP contribution in [0.1, 0.15) is 16.7 Å². The first kappa shape index (κ1) is 25.8. The second-order valence-electron chi connectivity index (χ2n) is 8.68. The van der Waals surface area contributed by atoms with Crippen LogP contribution in [0.3, 0.4) is 0 Å². The van der Waals surface area contributed by atoms with E-state index in [1.54, 1.807) is 61.7 Å². The van der Waals surface area contributed by atoms with E-state index in [-0.39, 0.29) is 25.4 Å². The van der Waals surface area contributed by atoms with Gasteiger partial charge in [0.15, 0.2) is 23.0 Å². The molecule has 1 atom stereocenters. The van der Waals surface area contributed by atoms with Crippen LogP contribution in [0.25, 0.3) is 5.57 Å². The Bertz CT molecular complexity index is 1480. The molecule has 0 spiro atoms. The molecule has 0 saturated heterocycles. The Morgan fingerprint density at radius 2 is 1.69 bits per heavy atom. The van der Waals surface area contributed by atoms with Gasteiger partial charge in [0.25, 0.3) is 5.79 Å². The van der Waals surface area contributed by atoms with Gasteiger partial charge in [-0.1, -0.05) is 12.0 Å². The number of hydrogen-bond donors (Lipinski definition) is 1. The lowest BCUT2D eigenvalue weighted by molar-refractivity contribution is -0.185. The van der Waals surface area contributed by atoms with Crippen LogP contribution in [-0.2, 0) is 21.7 Å². The van der Waals surface area contributed by atoms with Crippen molar-refractivity contribution >= 4 is 11.5 Å². The summed E-state index contributed by atoms with van der Waals surface area (Å²) >= 11 is 0. The van der Waals surface area contributed by atoms with Crippen molar-refractivity contribution in [2.75, 3.05) is 34.7 Å². The van der Waals surface area contributed by atoms with Crippen LogP contribution < -0.4 is 28.4 Å². The van der Waals surface area contributed by atoms with Crippen LogP contribution in [0.2, 0.25) is 0 Å². The highest BCUT2D eigenvalue weighted by Crippen LogP contribution is 2.47. The molecule has 0 bridgehead atoms. The lowest BCUT2D eigenvalue weighted by Gasteiger charge is -2.26. The van der Waals surface area contributed by atoms with Gasteiger partial charge in [0.2, 0.25) is 12.5 Å². The molecule has 3 aromatic carbocycles. The first-order valence-corrected chi connectivity index (χ1v) is 12.0. The monoisotopic (exact) mass is 530 g/mol. The van der Waals surface area contributed by atoms with Gasteiger partial charge in [-0.3, -0.25) is 0 Å². The lowest BCUT2D eigenvalue weighted by atomic mass is 9.88. The smallest absolute Gasteiger partial charge is 0.342 e. The van der Waals surface area contributed by atoms with Gasteiger partial charge in [-0.05, 0) is 59.7 Å². The molecule has 200 valence electrons. The summed E-state index contributed by atoms with van der Waals surface area (Å²) in [6, 6.07) is 15.2. The second-order valence-corrected chi connectivity index (χ2v) is 8.68. The quantitative estimate of drug-likeness (QED) is 0.327. The number of esters is 1. The molecule has 0 fully saturated rings. The number of cyclic esters (lactones) is 1. The fraction of sp³-hybridized carbons (Fsp3) is 0.233. The Morgan fingerprint density at radius 1 is 0.949 bits per heavy atom. The van der Waals surface area contributed by atoms with Crippen LogP contribution in [0.15, 0.2) is 60.2 Å². The number of terminal acetylenes is 1. The second kappa shape index (κ2) is 10.5. The van der Waals surface area contributed by atoms with E-state index in [9.17, 15) is 9.90 Å². The van der Waals surface area contributed by atoms with Crippen molar-refractivity contribution in [2.24, 2.45) is 0 Å². The van der Waals surface area contributed by atoms with Crippen molar-refractivity contribution in [2.45, 2.75) is 12.2 Å². The zero-order valence-electron chi connectivity index (χ0n) is 21.6. The summed E-state index contributed by atoms with van der Waals surface area (Å²) in [6.07, 6.45) is 5.48. The number of carbonyl (C=O) groups is 1. The molecular weight excluding hydrogens is 504 g/mol. The summed E-state index contributed by atoms with van der Waals surface area (Å²) in [5, 5.41) is 12.0. The van der Waals surface area contributed by atoms with E-state index in [1.165, 1.54) is 14.2 Å². The van der Waals surface area contributed by atoms with E-state index in [2.05, 4.69) is 5.92 Å². The van der Waals surface area contributed by atoms with Crippen LogP contribution in [0.5, 0.6) is 34.5 Å². The van der Waals surface area contributed by atoms with Gasteiger partial charge in [0.05, 0.1) is 26.9 Å². The maximum absolute atomic E-state index is 13.4. The van der Waals surface area contributed by atoms with Gasteiger partial charge in [0, 0.05) is 17.6 Å². The standard InChI is InChI=1S/C30H26O9/c1-5-12-36-26-15-18(14-25(34-3)28(26)35-4)13-22-27(19-6-11-23-24(16-19)38-17-37-23)29(31)39-30(22,32)20-7-9-21(33-2)10-8-20/h1,6-11,14-16,32H,12-13,17H2,2-4H3. The molecule has 3 aromatic rings. The Hall–Kier alpha value is -4.81. The minimum absolute atomic E-state index is 0.00545. The minimum Gasteiger partial charge on any atom is -0.497 e. The molecule has 0 aliphatic carbocycles. The van der Waals surface area contributed by atoms with Gasteiger partial charge < -0.3 is 38.3 Å². The highest BCUT2D eigenvalue weighted by Gasteiger charge is 2.48. The number of rotatable bonds is 9. The van der Waals surface area contributed by atoms with Gasteiger partial charge in [-0.25, -0.2) is 4.79 Å². The number of benzene rings is 3. The zero-order valence-corrected chi connectivity index (χ0v) is 21.6. The lowest BCUT2D eigenvalue weighted by Crippen LogP contribution is -2.29. The third kappa shape index (κ3) is 4.67. The Labute approximate surface area is 225 Å². The maximum atomic E-state index is 13.4. The zero-order chi connectivity index (χ0) is 27.6. The summed E-state index contributed by atoms with van der Waals surface area (Å²) in [5.41, 5.74) is 2.02. The summed E-state index contributed by atoms with van der Waals surface area (Å²) in [5.74, 6) is 2.43. The van der Waals surface area contributed by atoms with E-state index in [0.717, 1.165) is 0 Å². The normalized spacial score (nSPS) is 17.5. The van der Waals surface area contributed by atoms with Crippen LogP contribution in [0, 0.1) is 12.3 Å². The summed E-state index contributed by atoms with van der Waals surface area (Å²) in [6.45, 7) is 0.0858. The van der Waals surface area contributed by atoms with E-state index < -0.39 is 11.8 Å². The van der Waals surface area contributed by atoms with Gasteiger partial charge in [0.1, 0.15) is 12.4 Å². The summed E-state index contributed by atoms with van der Waals surface area (Å²) < 4.78 is 38.6. The molecule has 1 N–H and O–H groups in total. The SMILES string of the molecule is C#CCOc1cc(CC2=C(c3ccc4c(c3)OCO4)C(=O)OC2(O)c2ccc(OC)cc2)cc(OC)c1OC. The molecule has 0 saturated carbocycles. The van der Waals surface area contributed by atoms with Crippen LogP contribution in [-0.4, -0.2) is 45.8 Å². The Morgan fingerprint density at radius 3 is 2.38 bits per heavy atom. The largest absolute Gasteiger partial charge is 0.497 e.